The van der Waals surface area contributed by atoms with Crippen molar-refractivity contribution in [1.82, 2.24) is 0 Å². The molecule has 1 N–H and O–H groups in total. The van der Waals surface area contributed by atoms with Crippen LogP contribution in [0.25, 0.3) is 0 Å². The Balaban J connectivity index is 3.94. The van der Waals surface area contributed by atoms with Crippen LogP contribution in [0, 0.1) is 0 Å². The summed E-state index contributed by atoms with van der Waals surface area (Å²) < 4.78 is 12.0. The Morgan fingerprint density at radius 3 is 1.66 bits per heavy atom. The summed E-state index contributed by atoms with van der Waals surface area (Å²) in [6, 6.07) is 0. The second-order valence-electron chi connectivity index (χ2n) is 11.3. The molecular weight excluding hydrogens is 452 g/mol. The van der Waals surface area contributed by atoms with Gasteiger partial charge in [0.25, 0.3) is 0 Å². The highest BCUT2D eigenvalue weighted by molar-refractivity contribution is 6.77. The summed E-state index contributed by atoms with van der Waals surface area (Å²) >= 11 is 0. The van der Waals surface area contributed by atoms with Crippen molar-refractivity contribution >= 4 is 14.3 Å². The molecule has 0 radical (unpaired) electrons. The highest BCUT2D eigenvalue weighted by Gasteiger charge is 2.46. The topological polar surface area (TPSA) is 55.8 Å². The van der Waals surface area contributed by atoms with Crippen LogP contribution in [-0.4, -0.2) is 38.7 Å². The van der Waals surface area contributed by atoms with Gasteiger partial charge in [0.1, 0.15) is 12.7 Å². The van der Waals surface area contributed by atoms with Gasteiger partial charge in [0.2, 0.25) is 8.32 Å². The molecule has 0 fully saturated rings. The SMILES string of the molecule is CCCCCCCC/C=C\CCCCCCCC(=O)OC[C@H](CO)O[Si](C(C)C)(C(C)C)C(C)C. The fourth-order valence-corrected chi connectivity index (χ4v) is 11.0. The van der Waals surface area contributed by atoms with Crippen LogP contribution in [0.4, 0.5) is 0 Å². The minimum Gasteiger partial charge on any atom is -0.463 e. The molecule has 208 valence electrons. The van der Waals surface area contributed by atoms with Crippen LogP contribution < -0.4 is 0 Å². The molecule has 0 aromatic carbocycles. The van der Waals surface area contributed by atoms with E-state index in [2.05, 4.69) is 60.6 Å². The number of aliphatic hydroxyl groups excluding tert-OH is 1. The highest BCUT2D eigenvalue weighted by Crippen LogP contribution is 2.43. The van der Waals surface area contributed by atoms with Gasteiger partial charge in [0, 0.05) is 6.42 Å². The molecule has 0 aromatic heterocycles. The average Bonchev–Trinajstić information content (AvgIpc) is 2.81. The van der Waals surface area contributed by atoms with Gasteiger partial charge >= 0.3 is 5.97 Å². The van der Waals surface area contributed by atoms with Gasteiger partial charge in [-0.2, -0.15) is 0 Å². The molecular formula is C30H60O4Si. The zero-order valence-corrected chi connectivity index (χ0v) is 25.4. The van der Waals surface area contributed by atoms with Crippen molar-refractivity contribution in [2.45, 2.75) is 161 Å². The Morgan fingerprint density at radius 1 is 0.743 bits per heavy atom. The Bertz CT molecular complexity index is 509. The van der Waals surface area contributed by atoms with Crippen LogP contribution in [0.1, 0.15) is 138 Å². The van der Waals surface area contributed by atoms with E-state index in [1.165, 1.54) is 70.6 Å². The maximum atomic E-state index is 12.2. The summed E-state index contributed by atoms with van der Waals surface area (Å²) in [5.41, 5.74) is 1.30. The van der Waals surface area contributed by atoms with Crippen molar-refractivity contribution in [1.29, 1.82) is 0 Å². The van der Waals surface area contributed by atoms with Crippen molar-refractivity contribution in [2.75, 3.05) is 13.2 Å². The first-order valence-electron chi connectivity index (χ1n) is 14.8. The third-order valence-electron chi connectivity index (χ3n) is 7.35. The predicted octanol–water partition coefficient (Wildman–Crippen LogP) is 9.12. The van der Waals surface area contributed by atoms with E-state index >= 15 is 0 Å². The third-order valence-corrected chi connectivity index (χ3v) is 13.5. The van der Waals surface area contributed by atoms with E-state index < -0.39 is 14.4 Å². The first kappa shape index (κ1) is 34.3. The molecule has 35 heavy (non-hydrogen) atoms. The number of allylic oxidation sites excluding steroid dienone is 2. The van der Waals surface area contributed by atoms with Gasteiger partial charge in [-0.05, 0) is 48.7 Å². The van der Waals surface area contributed by atoms with E-state index in [0.717, 1.165) is 12.8 Å². The summed E-state index contributed by atoms with van der Waals surface area (Å²) in [7, 11) is -2.10. The standard InChI is InChI=1S/C30H60O4Si/c1-8-9-10-11-12-13-14-15-16-17-18-19-20-21-22-23-30(32)33-25-29(24-31)34-35(26(2)3,27(4)5)28(6)7/h15-16,26-29,31H,8-14,17-25H2,1-7H3/b16-15-/t29-/m0/s1. The van der Waals surface area contributed by atoms with Gasteiger partial charge in [-0.1, -0.05) is 112 Å². The van der Waals surface area contributed by atoms with E-state index in [1.807, 2.05) is 0 Å². The van der Waals surface area contributed by atoms with Crippen LogP contribution in [0.2, 0.25) is 16.6 Å². The Labute approximate surface area is 219 Å². The predicted molar refractivity (Wildman–Crippen MR) is 153 cm³/mol. The zero-order valence-electron chi connectivity index (χ0n) is 24.4. The molecule has 0 aliphatic carbocycles. The summed E-state index contributed by atoms with van der Waals surface area (Å²) in [5.74, 6) is -0.171. The molecule has 0 saturated carbocycles. The molecule has 0 heterocycles. The average molecular weight is 513 g/mol. The number of ether oxygens (including phenoxy) is 1. The summed E-state index contributed by atoms with van der Waals surface area (Å²) in [6.45, 7) is 15.6. The first-order chi connectivity index (χ1) is 16.7. The van der Waals surface area contributed by atoms with Crippen molar-refractivity contribution < 1.29 is 19.1 Å². The van der Waals surface area contributed by atoms with Crippen LogP contribution in [0.15, 0.2) is 12.2 Å². The maximum absolute atomic E-state index is 12.2. The third kappa shape index (κ3) is 15.3. The van der Waals surface area contributed by atoms with Crippen LogP contribution in [0.5, 0.6) is 0 Å². The van der Waals surface area contributed by atoms with Crippen LogP contribution in [-0.2, 0) is 14.0 Å². The zero-order chi connectivity index (χ0) is 26.5. The number of carbonyl (C=O) groups is 1. The van der Waals surface area contributed by atoms with Gasteiger partial charge in [-0.15, -0.1) is 0 Å². The van der Waals surface area contributed by atoms with E-state index in [4.69, 9.17) is 9.16 Å². The van der Waals surface area contributed by atoms with Crippen molar-refractivity contribution in [3.63, 3.8) is 0 Å². The number of carbonyl (C=O) groups excluding carboxylic acids is 1. The fourth-order valence-electron chi connectivity index (χ4n) is 5.42. The molecule has 4 nitrogen and oxygen atoms in total. The molecule has 0 aliphatic rings. The molecule has 0 spiro atoms. The summed E-state index contributed by atoms with van der Waals surface area (Å²) in [5, 5.41) is 9.87. The molecule has 0 aromatic rings. The van der Waals surface area contributed by atoms with E-state index in [-0.39, 0.29) is 19.2 Å². The lowest BCUT2D eigenvalue weighted by molar-refractivity contribution is -0.147. The lowest BCUT2D eigenvalue weighted by atomic mass is 10.1. The smallest absolute Gasteiger partial charge is 0.305 e. The van der Waals surface area contributed by atoms with Gasteiger partial charge < -0.3 is 14.3 Å². The quantitative estimate of drug-likeness (QED) is 0.0641. The number of hydrogen-bond donors (Lipinski definition) is 1. The maximum Gasteiger partial charge on any atom is 0.305 e. The summed E-state index contributed by atoms with van der Waals surface area (Å²) in [6.07, 6.45) is 20.9. The number of rotatable bonds is 23. The fraction of sp³-hybridized carbons (Fsp3) is 0.900. The van der Waals surface area contributed by atoms with Crippen molar-refractivity contribution in [3.8, 4) is 0 Å². The summed E-state index contributed by atoms with van der Waals surface area (Å²) in [4.78, 5) is 12.2. The first-order valence-corrected chi connectivity index (χ1v) is 17.0. The minimum absolute atomic E-state index is 0.110. The van der Waals surface area contributed by atoms with E-state index in [0.29, 0.717) is 23.0 Å². The normalized spacial score (nSPS) is 13.5. The van der Waals surface area contributed by atoms with Crippen molar-refractivity contribution in [3.05, 3.63) is 12.2 Å². The molecule has 0 bridgehead atoms. The van der Waals surface area contributed by atoms with Gasteiger partial charge in [0.15, 0.2) is 0 Å². The number of unbranched alkanes of at least 4 members (excludes halogenated alkanes) is 11. The second-order valence-corrected chi connectivity index (χ2v) is 16.7. The number of esters is 1. The Morgan fingerprint density at radius 2 is 1.20 bits per heavy atom. The molecule has 0 rings (SSSR count). The lowest BCUT2D eigenvalue weighted by Crippen LogP contribution is -2.51. The van der Waals surface area contributed by atoms with Crippen LogP contribution in [0.3, 0.4) is 0 Å². The Kier molecular flexibility index (Phi) is 21.0. The molecule has 0 amide bonds. The Hall–Kier alpha value is -0.653. The molecule has 0 saturated heterocycles. The van der Waals surface area contributed by atoms with E-state index in [9.17, 15) is 9.90 Å². The highest BCUT2D eigenvalue weighted by atomic mass is 28.4. The lowest BCUT2D eigenvalue weighted by Gasteiger charge is -2.44. The van der Waals surface area contributed by atoms with Gasteiger partial charge in [-0.25, -0.2) is 0 Å². The molecule has 0 aliphatic heterocycles. The number of hydrogen-bond acceptors (Lipinski definition) is 4. The van der Waals surface area contributed by atoms with Gasteiger partial charge in [-0.3, -0.25) is 4.79 Å². The van der Waals surface area contributed by atoms with Crippen molar-refractivity contribution in [2.24, 2.45) is 0 Å². The largest absolute Gasteiger partial charge is 0.463 e. The minimum atomic E-state index is -2.10. The van der Waals surface area contributed by atoms with Crippen LogP contribution >= 0.6 is 0 Å². The molecule has 5 heteroatoms. The van der Waals surface area contributed by atoms with Gasteiger partial charge in [0.05, 0.1) is 6.61 Å². The molecule has 1 atom stereocenters. The molecule has 0 unspecified atom stereocenters. The van der Waals surface area contributed by atoms with E-state index in [1.54, 1.807) is 0 Å². The monoisotopic (exact) mass is 512 g/mol. The number of aliphatic hydroxyl groups is 1. The second kappa shape index (κ2) is 21.4.